The molecule has 0 spiro atoms. The zero-order valence-electron chi connectivity index (χ0n) is 15.0. The van der Waals surface area contributed by atoms with E-state index in [1.807, 2.05) is 17.1 Å². The minimum Gasteiger partial charge on any atom is -0.513 e. The number of carbonyl (C=O) groups excluding carboxylic acids is 1. The van der Waals surface area contributed by atoms with Gasteiger partial charge in [-0.15, -0.1) is 0 Å². The van der Waals surface area contributed by atoms with Crippen molar-refractivity contribution in [1.29, 1.82) is 0 Å². The molecule has 1 heterocycles. The van der Waals surface area contributed by atoms with Gasteiger partial charge in [-0.2, -0.15) is 11.8 Å². The van der Waals surface area contributed by atoms with Crippen molar-refractivity contribution in [3.8, 4) is 0 Å². The molecule has 1 fully saturated rings. The maximum atomic E-state index is 12.0. The first-order valence-electron chi connectivity index (χ1n) is 9.15. The van der Waals surface area contributed by atoms with Crippen molar-refractivity contribution in [2.24, 2.45) is 0 Å². The van der Waals surface area contributed by atoms with Gasteiger partial charge in [0.25, 0.3) is 0 Å². The Kier molecular flexibility index (Phi) is 10.9. The Labute approximate surface area is 151 Å². The van der Waals surface area contributed by atoms with Crippen LogP contribution in [0.4, 0.5) is 0 Å². The second-order valence-corrected chi connectivity index (χ2v) is 7.65. The molecule has 0 saturated carbocycles. The smallest absolute Gasteiger partial charge is 0.223 e. The lowest BCUT2D eigenvalue weighted by Gasteiger charge is -2.22. The molecule has 0 unspecified atom stereocenters. The molecule has 2 atom stereocenters. The molecule has 4 nitrogen and oxygen atoms in total. The molecule has 0 bridgehead atoms. The average Bonchev–Trinajstić information content (AvgIpc) is 2.89. The Balaban J connectivity index is 2.28. The number of carbonyl (C=O) groups is 1. The van der Waals surface area contributed by atoms with Crippen LogP contribution < -0.4 is 0 Å². The van der Waals surface area contributed by atoms with Gasteiger partial charge >= 0.3 is 0 Å². The summed E-state index contributed by atoms with van der Waals surface area (Å²) < 4.78 is 0. The van der Waals surface area contributed by atoms with E-state index < -0.39 is 6.10 Å². The van der Waals surface area contributed by atoms with Gasteiger partial charge in [-0.25, -0.2) is 0 Å². The van der Waals surface area contributed by atoms with Crippen LogP contribution in [0, 0.1) is 0 Å². The average molecular weight is 356 g/mol. The van der Waals surface area contributed by atoms with Gasteiger partial charge in [0.2, 0.25) is 5.91 Å². The molecular formula is C19H33NO3S. The zero-order valence-corrected chi connectivity index (χ0v) is 15.8. The molecule has 2 N–H and O–H groups in total. The third-order valence-corrected chi connectivity index (χ3v) is 5.31. The fraction of sp³-hybridized carbons (Fsp3) is 0.737. The first-order chi connectivity index (χ1) is 11.5. The molecule has 1 rings (SSSR count). The van der Waals surface area contributed by atoms with Crippen LogP contribution in [0.2, 0.25) is 0 Å². The number of likely N-dealkylation sites (tertiary alicyclic amines) is 1. The highest BCUT2D eigenvalue weighted by atomic mass is 32.2. The Morgan fingerprint density at radius 3 is 2.92 bits per heavy atom. The predicted molar refractivity (Wildman–Crippen MR) is 102 cm³/mol. The number of allylic oxidation sites excluding steroid dienone is 1. The van der Waals surface area contributed by atoms with E-state index in [2.05, 4.69) is 13.5 Å². The van der Waals surface area contributed by atoms with Crippen LogP contribution >= 0.6 is 11.8 Å². The molecular weight excluding hydrogens is 322 g/mol. The molecule has 1 aliphatic heterocycles. The maximum absolute atomic E-state index is 12.0. The normalized spacial score (nSPS) is 19.3. The van der Waals surface area contributed by atoms with Gasteiger partial charge in [0.15, 0.2) is 0 Å². The van der Waals surface area contributed by atoms with Gasteiger partial charge in [-0.1, -0.05) is 44.9 Å². The Morgan fingerprint density at radius 2 is 2.21 bits per heavy atom. The van der Waals surface area contributed by atoms with Crippen LogP contribution in [0.3, 0.4) is 0 Å². The fourth-order valence-electron chi connectivity index (χ4n) is 2.85. The van der Waals surface area contributed by atoms with E-state index in [4.69, 9.17) is 5.11 Å². The van der Waals surface area contributed by atoms with E-state index in [0.717, 1.165) is 56.6 Å². The number of rotatable bonds is 13. The molecule has 0 aromatic carbocycles. The Morgan fingerprint density at radius 1 is 1.42 bits per heavy atom. The summed E-state index contributed by atoms with van der Waals surface area (Å²) in [6.07, 6.45) is 10.7. The van der Waals surface area contributed by atoms with Gasteiger partial charge in [0.1, 0.15) is 0 Å². The highest BCUT2D eigenvalue weighted by Crippen LogP contribution is 2.21. The van der Waals surface area contributed by atoms with Crippen LogP contribution in [-0.4, -0.2) is 51.2 Å². The second kappa shape index (κ2) is 12.4. The van der Waals surface area contributed by atoms with Crippen molar-refractivity contribution in [1.82, 2.24) is 4.90 Å². The fourth-order valence-corrected chi connectivity index (χ4v) is 3.72. The minimum absolute atomic E-state index is 0.135. The lowest BCUT2D eigenvalue weighted by molar-refractivity contribution is -0.128. The highest BCUT2D eigenvalue weighted by molar-refractivity contribution is 7.99. The van der Waals surface area contributed by atoms with Crippen molar-refractivity contribution in [2.75, 3.05) is 18.1 Å². The number of thioether (sulfide) groups is 1. The first kappa shape index (κ1) is 21.1. The zero-order chi connectivity index (χ0) is 17.8. The molecule has 24 heavy (non-hydrogen) atoms. The standard InChI is InChI=1S/C19H33NO3S/c1-3-4-5-8-18(22)11-9-17-10-12-19(23)20(17)13-15-24-14-6-7-16(2)21/h9,11,17-18,21-22H,2-8,10,12-15H2,1H3/b11-9+/t17-,18-/m0/s1. The molecule has 0 aliphatic carbocycles. The molecule has 0 aromatic rings. The van der Waals surface area contributed by atoms with E-state index >= 15 is 0 Å². The predicted octanol–water partition coefficient (Wildman–Crippen LogP) is 4.06. The van der Waals surface area contributed by atoms with Crippen molar-refractivity contribution in [3.63, 3.8) is 0 Å². The van der Waals surface area contributed by atoms with Gasteiger partial charge in [0.05, 0.1) is 17.9 Å². The van der Waals surface area contributed by atoms with E-state index in [1.54, 1.807) is 11.8 Å². The first-order valence-corrected chi connectivity index (χ1v) is 10.3. The summed E-state index contributed by atoms with van der Waals surface area (Å²) in [4.78, 5) is 14.0. The number of aliphatic hydroxyl groups excluding tert-OH is 2. The maximum Gasteiger partial charge on any atom is 0.223 e. The number of unbranched alkanes of at least 4 members (excludes halogenated alkanes) is 2. The van der Waals surface area contributed by atoms with E-state index in [9.17, 15) is 9.90 Å². The summed E-state index contributed by atoms with van der Waals surface area (Å²) in [5.74, 6) is 2.34. The van der Waals surface area contributed by atoms with Gasteiger partial charge < -0.3 is 15.1 Å². The van der Waals surface area contributed by atoms with Gasteiger partial charge in [-0.05, 0) is 25.0 Å². The number of aliphatic hydroxyl groups is 2. The van der Waals surface area contributed by atoms with Gasteiger partial charge in [0, 0.05) is 25.1 Å². The summed E-state index contributed by atoms with van der Waals surface area (Å²) in [7, 11) is 0. The highest BCUT2D eigenvalue weighted by Gasteiger charge is 2.28. The van der Waals surface area contributed by atoms with Crippen molar-refractivity contribution >= 4 is 17.7 Å². The van der Waals surface area contributed by atoms with Crippen molar-refractivity contribution in [3.05, 3.63) is 24.5 Å². The third-order valence-electron chi connectivity index (χ3n) is 4.26. The summed E-state index contributed by atoms with van der Waals surface area (Å²) in [5, 5.41) is 19.0. The lowest BCUT2D eigenvalue weighted by Crippen LogP contribution is -2.34. The van der Waals surface area contributed by atoms with Crippen LogP contribution in [0.5, 0.6) is 0 Å². The monoisotopic (exact) mass is 355 g/mol. The van der Waals surface area contributed by atoms with Crippen molar-refractivity contribution < 1.29 is 15.0 Å². The summed E-state index contributed by atoms with van der Waals surface area (Å²) in [5.41, 5.74) is 0. The van der Waals surface area contributed by atoms with Gasteiger partial charge in [-0.3, -0.25) is 4.79 Å². The number of amides is 1. The van der Waals surface area contributed by atoms with Crippen LogP contribution in [0.15, 0.2) is 24.5 Å². The summed E-state index contributed by atoms with van der Waals surface area (Å²) >= 11 is 1.80. The molecule has 1 saturated heterocycles. The number of hydrogen-bond acceptors (Lipinski definition) is 4. The van der Waals surface area contributed by atoms with Crippen LogP contribution in [-0.2, 0) is 4.79 Å². The van der Waals surface area contributed by atoms with E-state index in [1.165, 1.54) is 0 Å². The largest absolute Gasteiger partial charge is 0.513 e. The Bertz CT molecular complexity index is 411. The minimum atomic E-state index is -0.393. The third kappa shape index (κ3) is 8.78. The Hall–Kier alpha value is -0.940. The lowest BCUT2D eigenvalue weighted by atomic mass is 10.1. The molecule has 138 valence electrons. The van der Waals surface area contributed by atoms with Crippen LogP contribution in [0.1, 0.15) is 58.3 Å². The second-order valence-electron chi connectivity index (χ2n) is 6.42. The van der Waals surface area contributed by atoms with E-state index in [-0.39, 0.29) is 17.7 Å². The molecule has 0 aromatic heterocycles. The molecule has 0 radical (unpaired) electrons. The molecule has 1 aliphatic rings. The molecule has 5 heteroatoms. The molecule has 1 amide bonds. The number of nitrogens with zero attached hydrogens (tertiary/aromatic N) is 1. The summed E-state index contributed by atoms with van der Waals surface area (Å²) in [6.45, 7) is 6.39. The SMILES string of the molecule is C=C(O)CCCSCCN1C(=O)CC[C@@H]1/C=C/[C@@H](O)CCCCC. The van der Waals surface area contributed by atoms with Crippen molar-refractivity contribution in [2.45, 2.75) is 70.4 Å². The van der Waals surface area contributed by atoms with E-state index in [0.29, 0.717) is 12.8 Å². The topological polar surface area (TPSA) is 60.8 Å². The quantitative estimate of drug-likeness (QED) is 0.297. The van der Waals surface area contributed by atoms with Crippen LogP contribution in [0.25, 0.3) is 0 Å². The number of hydrogen-bond donors (Lipinski definition) is 2. The summed E-state index contributed by atoms with van der Waals surface area (Å²) in [6, 6.07) is 0.135.